The molecule has 22 heavy (non-hydrogen) atoms. The Hall–Kier alpha value is -1.49. The number of nitrogens with zero attached hydrogens (tertiary/aromatic N) is 2. The summed E-state index contributed by atoms with van der Waals surface area (Å²) in [7, 11) is 0. The van der Waals surface area contributed by atoms with Crippen LogP contribution in [-0.2, 0) is 0 Å². The quantitative estimate of drug-likeness (QED) is 0.829. The number of fused-ring (bicyclic) bond motifs is 2. The largest absolute Gasteiger partial charge is 0.297 e. The molecule has 4 unspecified atom stereocenters. The summed E-state index contributed by atoms with van der Waals surface area (Å²) in [6.07, 6.45) is 5.34. The Morgan fingerprint density at radius 1 is 1.32 bits per heavy atom. The van der Waals surface area contributed by atoms with Gasteiger partial charge < -0.3 is 0 Å². The van der Waals surface area contributed by atoms with E-state index in [2.05, 4.69) is 17.1 Å². The second-order valence-corrected chi connectivity index (χ2v) is 7.17. The predicted octanol–water partition coefficient (Wildman–Crippen LogP) is 4.74. The molecule has 2 bridgehead atoms. The molecule has 2 saturated carbocycles. The molecule has 2 aromatic rings. The standard InChI is InChI=1S/C17H20FN3S/c1-10(14-9-11-6-7-12(14)8-11)21-16(19-20-17(21)22)13-4-2-3-5-15(13)18/h2-5,10-12,14H,6-9H2,1H3,(H,20,22). The molecular formula is C17H20FN3S. The average molecular weight is 317 g/mol. The Morgan fingerprint density at radius 3 is 2.82 bits per heavy atom. The van der Waals surface area contributed by atoms with Crippen molar-refractivity contribution in [2.24, 2.45) is 17.8 Å². The molecule has 3 nitrogen and oxygen atoms in total. The SMILES string of the molecule is CC(C1CC2CCC1C2)n1c(-c2ccccc2F)n[nH]c1=S. The van der Waals surface area contributed by atoms with E-state index in [0.29, 0.717) is 22.1 Å². The Bertz CT molecular complexity index is 750. The normalized spacial score (nSPS) is 28.2. The van der Waals surface area contributed by atoms with Crippen molar-refractivity contribution in [2.75, 3.05) is 0 Å². The van der Waals surface area contributed by atoms with Gasteiger partial charge in [0.05, 0.1) is 5.56 Å². The monoisotopic (exact) mass is 317 g/mol. The van der Waals surface area contributed by atoms with Gasteiger partial charge >= 0.3 is 0 Å². The molecule has 5 heteroatoms. The van der Waals surface area contributed by atoms with Crippen LogP contribution in [0.4, 0.5) is 4.39 Å². The minimum atomic E-state index is -0.252. The lowest BCUT2D eigenvalue weighted by atomic mass is 9.84. The van der Waals surface area contributed by atoms with Gasteiger partial charge in [0.25, 0.3) is 0 Å². The van der Waals surface area contributed by atoms with Crippen LogP contribution in [0.25, 0.3) is 11.4 Å². The van der Waals surface area contributed by atoms with Crippen LogP contribution in [0.1, 0.15) is 38.6 Å². The number of benzene rings is 1. The number of hydrogen-bond acceptors (Lipinski definition) is 2. The molecule has 2 fully saturated rings. The summed E-state index contributed by atoms with van der Waals surface area (Å²) >= 11 is 5.44. The first-order valence-corrected chi connectivity index (χ1v) is 8.47. The molecule has 4 atom stereocenters. The molecule has 1 aromatic carbocycles. The highest BCUT2D eigenvalue weighted by Gasteiger charge is 2.42. The van der Waals surface area contributed by atoms with Gasteiger partial charge in [-0.2, -0.15) is 5.10 Å². The van der Waals surface area contributed by atoms with E-state index in [0.717, 1.165) is 11.8 Å². The molecule has 2 aliphatic rings. The fraction of sp³-hybridized carbons (Fsp3) is 0.529. The Morgan fingerprint density at radius 2 is 2.14 bits per heavy atom. The van der Waals surface area contributed by atoms with Gasteiger partial charge in [0, 0.05) is 6.04 Å². The zero-order valence-corrected chi connectivity index (χ0v) is 13.4. The molecule has 0 spiro atoms. The van der Waals surface area contributed by atoms with Gasteiger partial charge in [-0.3, -0.25) is 9.67 Å². The number of aromatic amines is 1. The molecule has 2 aliphatic carbocycles. The summed E-state index contributed by atoms with van der Waals surface area (Å²) in [4.78, 5) is 0. The van der Waals surface area contributed by atoms with Crippen LogP contribution >= 0.6 is 12.2 Å². The first-order valence-electron chi connectivity index (χ1n) is 8.07. The number of hydrogen-bond donors (Lipinski definition) is 1. The Labute approximate surface area is 134 Å². The maximum Gasteiger partial charge on any atom is 0.195 e. The van der Waals surface area contributed by atoms with Crippen molar-refractivity contribution in [3.8, 4) is 11.4 Å². The van der Waals surface area contributed by atoms with E-state index in [1.807, 2.05) is 10.6 Å². The Balaban J connectivity index is 1.75. The van der Waals surface area contributed by atoms with Crippen molar-refractivity contribution < 1.29 is 4.39 Å². The minimum absolute atomic E-state index is 0.252. The first-order chi connectivity index (χ1) is 10.6. The summed E-state index contributed by atoms with van der Waals surface area (Å²) in [6.45, 7) is 2.21. The van der Waals surface area contributed by atoms with Crippen LogP contribution in [-0.4, -0.2) is 14.8 Å². The van der Waals surface area contributed by atoms with E-state index in [9.17, 15) is 4.39 Å². The highest BCUT2D eigenvalue weighted by molar-refractivity contribution is 7.71. The molecule has 0 aliphatic heterocycles. The zero-order chi connectivity index (χ0) is 15.3. The van der Waals surface area contributed by atoms with E-state index in [-0.39, 0.29) is 11.9 Å². The highest BCUT2D eigenvalue weighted by atomic mass is 32.1. The fourth-order valence-electron chi connectivity index (χ4n) is 4.59. The average Bonchev–Trinajstić information content (AvgIpc) is 3.22. The van der Waals surface area contributed by atoms with Crippen molar-refractivity contribution in [3.63, 3.8) is 0 Å². The van der Waals surface area contributed by atoms with Crippen LogP contribution in [0.15, 0.2) is 24.3 Å². The van der Waals surface area contributed by atoms with Crippen molar-refractivity contribution in [1.82, 2.24) is 14.8 Å². The van der Waals surface area contributed by atoms with E-state index >= 15 is 0 Å². The summed E-state index contributed by atoms with van der Waals surface area (Å²) in [5, 5.41) is 7.17. The second-order valence-electron chi connectivity index (χ2n) is 6.78. The summed E-state index contributed by atoms with van der Waals surface area (Å²) in [5.74, 6) is 2.69. The van der Waals surface area contributed by atoms with Crippen molar-refractivity contribution in [2.45, 2.75) is 38.6 Å². The van der Waals surface area contributed by atoms with E-state index in [1.54, 1.807) is 12.1 Å². The summed E-state index contributed by atoms with van der Waals surface area (Å²) in [5.41, 5.74) is 0.518. The predicted molar refractivity (Wildman–Crippen MR) is 86.5 cm³/mol. The van der Waals surface area contributed by atoms with Crippen LogP contribution in [0.2, 0.25) is 0 Å². The lowest BCUT2D eigenvalue weighted by Crippen LogP contribution is -2.23. The van der Waals surface area contributed by atoms with Crippen molar-refractivity contribution >= 4 is 12.2 Å². The third-order valence-electron chi connectivity index (χ3n) is 5.64. The van der Waals surface area contributed by atoms with Crippen LogP contribution in [0, 0.1) is 28.3 Å². The maximum absolute atomic E-state index is 14.2. The molecule has 4 rings (SSSR count). The van der Waals surface area contributed by atoms with Gasteiger partial charge in [-0.1, -0.05) is 18.6 Å². The van der Waals surface area contributed by atoms with Gasteiger partial charge in [-0.25, -0.2) is 4.39 Å². The molecule has 1 heterocycles. The number of halogens is 1. The molecule has 116 valence electrons. The highest BCUT2D eigenvalue weighted by Crippen LogP contribution is 2.52. The minimum Gasteiger partial charge on any atom is -0.297 e. The zero-order valence-electron chi connectivity index (χ0n) is 12.6. The van der Waals surface area contributed by atoms with Crippen molar-refractivity contribution in [1.29, 1.82) is 0 Å². The van der Waals surface area contributed by atoms with Crippen LogP contribution in [0.3, 0.4) is 0 Å². The topological polar surface area (TPSA) is 33.6 Å². The molecular weight excluding hydrogens is 297 g/mol. The third-order valence-corrected chi connectivity index (χ3v) is 5.93. The molecule has 0 saturated heterocycles. The number of aromatic nitrogens is 3. The second kappa shape index (κ2) is 5.30. The van der Waals surface area contributed by atoms with E-state index in [4.69, 9.17) is 12.2 Å². The van der Waals surface area contributed by atoms with Gasteiger partial charge in [0.1, 0.15) is 5.82 Å². The van der Waals surface area contributed by atoms with E-state index < -0.39 is 0 Å². The Kier molecular flexibility index (Phi) is 3.40. The smallest absolute Gasteiger partial charge is 0.195 e. The van der Waals surface area contributed by atoms with Gasteiger partial charge in [-0.15, -0.1) is 0 Å². The first kappa shape index (κ1) is 14.1. The van der Waals surface area contributed by atoms with E-state index in [1.165, 1.54) is 31.7 Å². The summed E-state index contributed by atoms with van der Waals surface area (Å²) in [6, 6.07) is 7.03. The molecule has 1 N–H and O–H groups in total. The van der Waals surface area contributed by atoms with Crippen LogP contribution < -0.4 is 0 Å². The van der Waals surface area contributed by atoms with Gasteiger partial charge in [0.15, 0.2) is 10.6 Å². The molecule has 1 aromatic heterocycles. The lowest BCUT2D eigenvalue weighted by Gasteiger charge is -2.29. The fourth-order valence-corrected chi connectivity index (χ4v) is 4.89. The molecule has 0 amide bonds. The van der Waals surface area contributed by atoms with Crippen molar-refractivity contribution in [3.05, 3.63) is 34.9 Å². The summed E-state index contributed by atoms with van der Waals surface area (Å²) < 4.78 is 16.8. The maximum atomic E-state index is 14.2. The number of nitrogens with one attached hydrogen (secondary N) is 1. The van der Waals surface area contributed by atoms with Gasteiger partial charge in [-0.05, 0) is 68.3 Å². The lowest BCUT2D eigenvalue weighted by molar-refractivity contribution is 0.242. The third kappa shape index (κ3) is 2.14. The molecule has 0 radical (unpaired) electrons. The number of rotatable bonds is 3. The van der Waals surface area contributed by atoms with Crippen LogP contribution in [0.5, 0.6) is 0 Å². The van der Waals surface area contributed by atoms with Gasteiger partial charge in [0.2, 0.25) is 0 Å². The number of H-pyrrole nitrogens is 1.